The fraction of sp³-hybridized carbons (Fsp3) is 0.933. The number of hydrogen-bond acceptors (Lipinski definition) is 2. The van der Waals surface area contributed by atoms with E-state index >= 15 is 0 Å². The van der Waals surface area contributed by atoms with Crippen LogP contribution in [0.1, 0.15) is 58.3 Å². The summed E-state index contributed by atoms with van der Waals surface area (Å²) in [6.45, 7) is 4.83. The summed E-state index contributed by atoms with van der Waals surface area (Å²) in [7, 11) is 1.76. The van der Waals surface area contributed by atoms with Crippen molar-refractivity contribution >= 4 is 5.96 Å². The molecule has 0 heterocycles. The second-order valence-corrected chi connectivity index (χ2v) is 5.29. The molecule has 1 aliphatic rings. The molecule has 0 atom stereocenters. The lowest BCUT2D eigenvalue weighted by Gasteiger charge is -2.24. The molecule has 0 spiro atoms. The summed E-state index contributed by atoms with van der Waals surface area (Å²) in [5, 5.41) is 6.92. The first kappa shape index (κ1) is 16.3. The minimum absolute atomic E-state index is 0.625. The summed E-state index contributed by atoms with van der Waals surface area (Å²) in [5.41, 5.74) is 0. The van der Waals surface area contributed by atoms with Gasteiger partial charge in [-0.2, -0.15) is 0 Å². The number of nitrogens with zero attached hydrogens (tertiary/aromatic N) is 1. The van der Waals surface area contributed by atoms with Crippen LogP contribution in [0.3, 0.4) is 0 Å². The van der Waals surface area contributed by atoms with Gasteiger partial charge in [0.2, 0.25) is 0 Å². The Morgan fingerprint density at radius 1 is 1.16 bits per heavy atom. The number of methoxy groups -OCH3 is 1. The first-order valence-corrected chi connectivity index (χ1v) is 7.90. The molecule has 0 aromatic carbocycles. The van der Waals surface area contributed by atoms with Gasteiger partial charge in [0.05, 0.1) is 0 Å². The van der Waals surface area contributed by atoms with E-state index < -0.39 is 0 Å². The van der Waals surface area contributed by atoms with E-state index in [1.165, 1.54) is 38.5 Å². The Morgan fingerprint density at radius 3 is 2.63 bits per heavy atom. The van der Waals surface area contributed by atoms with E-state index in [1.54, 1.807) is 7.11 Å². The molecule has 0 saturated heterocycles. The maximum atomic E-state index is 5.05. The van der Waals surface area contributed by atoms with Crippen LogP contribution in [-0.4, -0.2) is 38.8 Å². The van der Waals surface area contributed by atoms with E-state index in [-0.39, 0.29) is 0 Å². The van der Waals surface area contributed by atoms with Gasteiger partial charge in [0, 0.05) is 32.8 Å². The summed E-state index contributed by atoms with van der Waals surface area (Å²) in [6.07, 6.45) is 10.2. The molecule has 0 unspecified atom stereocenters. The zero-order valence-corrected chi connectivity index (χ0v) is 12.7. The fourth-order valence-electron chi connectivity index (χ4n) is 2.49. The number of nitrogens with one attached hydrogen (secondary N) is 2. The minimum Gasteiger partial charge on any atom is -0.385 e. The van der Waals surface area contributed by atoms with Crippen LogP contribution in [0, 0.1) is 0 Å². The van der Waals surface area contributed by atoms with Gasteiger partial charge in [-0.3, -0.25) is 4.99 Å². The van der Waals surface area contributed by atoms with E-state index in [4.69, 9.17) is 4.74 Å². The molecule has 1 saturated carbocycles. The molecule has 112 valence electrons. The molecule has 0 radical (unpaired) electrons. The van der Waals surface area contributed by atoms with Gasteiger partial charge < -0.3 is 15.4 Å². The Bertz CT molecular complexity index is 238. The van der Waals surface area contributed by atoms with Crippen molar-refractivity contribution in [3.63, 3.8) is 0 Å². The smallest absolute Gasteiger partial charge is 0.191 e. The highest BCUT2D eigenvalue weighted by Crippen LogP contribution is 2.17. The normalized spacial score (nSPS) is 17.5. The molecule has 0 aromatic rings. The zero-order chi connectivity index (χ0) is 13.8. The largest absolute Gasteiger partial charge is 0.385 e. The van der Waals surface area contributed by atoms with Crippen molar-refractivity contribution in [3.8, 4) is 0 Å². The number of aliphatic imine (C=N–C) groups is 1. The lowest BCUT2D eigenvalue weighted by Crippen LogP contribution is -2.44. The van der Waals surface area contributed by atoms with Gasteiger partial charge in [0.1, 0.15) is 0 Å². The third-order valence-electron chi connectivity index (χ3n) is 3.57. The SMILES string of the molecule is CCNC(=NCCCCCOC)NC1CCCCC1. The van der Waals surface area contributed by atoms with Crippen LogP contribution in [0.25, 0.3) is 0 Å². The maximum Gasteiger partial charge on any atom is 0.191 e. The summed E-state index contributed by atoms with van der Waals surface area (Å²) in [5.74, 6) is 1.00. The fourth-order valence-corrected chi connectivity index (χ4v) is 2.49. The van der Waals surface area contributed by atoms with Crippen LogP contribution in [0.15, 0.2) is 4.99 Å². The number of hydrogen-bond donors (Lipinski definition) is 2. The number of guanidine groups is 1. The van der Waals surface area contributed by atoms with Gasteiger partial charge >= 0.3 is 0 Å². The van der Waals surface area contributed by atoms with Crippen molar-refractivity contribution in [2.75, 3.05) is 26.8 Å². The average molecular weight is 269 g/mol. The van der Waals surface area contributed by atoms with Crippen LogP contribution in [0.4, 0.5) is 0 Å². The Balaban J connectivity index is 2.21. The Morgan fingerprint density at radius 2 is 1.95 bits per heavy atom. The van der Waals surface area contributed by atoms with Gasteiger partial charge in [0.25, 0.3) is 0 Å². The molecule has 1 aliphatic carbocycles. The molecule has 4 heteroatoms. The monoisotopic (exact) mass is 269 g/mol. The Kier molecular flexibility index (Phi) is 9.51. The first-order valence-electron chi connectivity index (χ1n) is 7.90. The number of unbranched alkanes of at least 4 members (excludes halogenated alkanes) is 2. The Hall–Kier alpha value is -0.770. The average Bonchev–Trinajstić information content (AvgIpc) is 2.44. The summed E-state index contributed by atoms with van der Waals surface area (Å²) < 4.78 is 5.05. The molecule has 1 rings (SSSR count). The van der Waals surface area contributed by atoms with Gasteiger partial charge in [-0.15, -0.1) is 0 Å². The predicted octanol–water partition coefficient (Wildman–Crippen LogP) is 2.69. The third-order valence-corrected chi connectivity index (χ3v) is 3.57. The number of ether oxygens (including phenoxy) is 1. The summed E-state index contributed by atoms with van der Waals surface area (Å²) in [4.78, 5) is 4.66. The standard InChI is InChI=1S/C15H31N3O/c1-3-16-15(17-12-8-5-9-13-19-2)18-14-10-6-4-7-11-14/h14H,3-13H2,1-2H3,(H2,16,17,18). The van der Waals surface area contributed by atoms with E-state index in [0.29, 0.717) is 6.04 Å². The Labute approximate surface area is 118 Å². The van der Waals surface area contributed by atoms with Crippen LogP contribution >= 0.6 is 0 Å². The molecular formula is C15H31N3O. The number of rotatable bonds is 8. The first-order chi connectivity index (χ1) is 9.36. The highest BCUT2D eigenvalue weighted by molar-refractivity contribution is 5.80. The molecule has 0 aliphatic heterocycles. The van der Waals surface area contributed by atoms with Crippen LogP contribution in [-0.2, 0) is 4.74 Å². The van der Waals surface area contributed by atoms with E-state index in [2.05, 4.69) is 22.5 Å². The van der Waals surface area contributed by atoms with Crippen LogP contribution in [0.2, 0.25) is 0 Å². The lowest BCUT2D eigenvalue weighted by atomic mass is 9.96. The summed E-state index contributed by atoms with van der Waals surface area (Å²) >= 11 is 0. The lowest BCUT2D eigenvalue weighted by molar-refractivity contribution is 0.192. The molecule has 0 bridgehead atoms. The minimum atomic E-state index is 0.625. The molecule has 2 N–H and O–H groups in total. The summed E-state index contributed by atoms with van der Waals surface area (Å²) in [6, 6.07) is 0.625. The van der Waals surface area contributed by atoms with Crippen molar-refractivity contribution in [1.29, 1.82) is 0 Å². The highest BCUT2D eigenvalue weighted by atomic mass is 16.5. The van der Waals surface area contributed by atoms with Crippen LogP contribution < -0.4 is 10.6 Å². The van der Waals surface area contributed by atoms with E-state index in [1.807, 2.05) is 0 Å². The van der Waals surface area contributed by atoms with E-state index in [9.17, 15) is 0 Å². The molecule has 19 heavy (non-hydrogen) atoms. The zero-order valence-electron chi connectivity index (χ0n) is 12.7. The molecule has 0 aromatic heterocycles. The van der Waals surface area contributed by atoms with Crippen LogP contribution in [0.5, 0.6) is 0 Å². The molecular weight excluding hydrogens is 238 g/mol. The third kappa shape index (κ3) is 8.09. The second kappa shape index (κ2) is 11.1. The van der Waals surface area contributed by atoms with Gasteiger partial charge in [-0.25, -0.2) is 0 Å². The van der Waals surface area contributed by atoms with Crippen molar-refractivity contribution in [1.82, 2.24) is 10.6 Å². The van der Waals surface area contributed by atoms with Crippen molar-refractivity contribution in [2.24, 2.45) is 4.99 Å². The van der Waals surface area contributed by atoms with Gasteiger partial charge in [-0.05, 0) is 39.0 Å². The van der Waals surface area contributed by atoms with Gasteiger partial charge in [0.15, 0.2) is 5.96 Å². The quantitative estimate of drug-likeness (QED) is 0.404. The molecule has 1 fully saturated rings. The molecule has 0 amide bonds. The second-order valence-electron chi connectivity index (χ2n) is 5.29. The maximum absolute atomic E-state index is 5.05. The van der Waals surface area contributed by atoms with E-state index in [0.717, 1.165) is 38.5 Å². The predicted molar refractivity (Wildman–Crippen MR) is 81.7 cm³/mol. The topological polar surface area (TPSA) is 45.7 Å². The van der Waals surface area contributed by atoms with Crippen molar-refractivity contribution < 1.29 is 4.74 Å². The molecule has 4 nitrogen and oxygen atoms in total. The highest BCUT2D eigenvalue weighted by Gasteiger charge is 2.14. The van der Waals surface area contributed by atoms with Gasteiger partial charge in [-0.1, -0.05) is 19.3 Å². The van der Waals surface area contributed by atoms with Crippen molar-refractivity contribution in [2.45, 2.75) is 64.3 Å². The van der Waals surface area contributed by atoms with Crippen molar-refractivity contribution in [3.05, 3.63) is 0 Å².